The third-order valence-corrected chi connectivity index (χ3v) is 3.74. The van der Waals surface area contributed by atoms with Gasteiger partial charge in [-0.3, -0.25) is 10.1 Å². The van der Waals surface area contributed by atoms with E-state index < -0.39 is 4.92 Å². The zero-order valence-corrected chi connectivity index (χ0v) is 10.5. The normalized spacial score (nSPS) is 17.3. The van der Waals surface area contributed by atoms with Crippen molar-refractivity contribution in [1.29, 1.82) is 0 Å². The number of nitro benzene ring substituents is 1. The Morgan fingerprint density at radius 1 is 1.53 bits per heavy atom. The molecular weight excluding hydrogens is 240 g/mol. The van der Waals surface area contributed by atoms with Gasteiger partial charge in [0.1, 0.15) is 0 Å². The van der Waals surface area contributed by atoms with Crippen molar-refractivity contribution in [2.24, 2.45) is 5.41 Å². The van der Waals surface area contributed by atoms with Crippen LogP contribution in [0.5, 0.6) is 0 Å². The minimum Gasteiger partial charge on any atom is -0.383 e. The Kier molecular flexibility index (Phi) is 3.24. The van der Waals surface area contributed by atoms with Crippen LogP contribution in [-0.2, 0) is 0 Å². The molecule has 0 bridgehead atoms. The second-order valence-corrected chi connectivity index (χ2v) is 5.35. The fourth-order valence-corrected chi connectivity index (χ4v) is 2.27. The number of halogens is 1. The van der Waals surface area contributed by atoms with Crippen molar-refractivity contribution in [3.8, 4) is 0 Å². The highest BCUT2D eigenvalue weighted by Crippen LogP contribution is 2.40. The van der Waals surface area contributed by atoms with E-state index in [-0.39, 0.29) is 5.69 Å². The number of non-ortho nitro benzene ring substituents is 1. The van der Waals surface area contributed by atoms with Crippen LogP contribution in [0.15, 0.2) is 18.2 Å². The molecule has 0 aliphatic heterocycles. The van der Waals surface area contributed by atoms with Crippen LogP contribution < -0.4 is 5.32 Å². The Morgan fingerprint density at radius 2 is 2.24 bits per heavy atom. The third-order valence-electron chi connectivity index (χ3n) is 3.43. The highest BCUT2D eigenvalue weighted by atomic mass is 35.5. The maximum absolute atomic E-state index is 10.6. The molecule has 1 aromatic rings. The van der Waals surface area contributed by atoms with E-state index >= 15 is 0 Å². The fourth-order valence-electron chi connectivity index (χ4n) is 2.03. The van der Waals surface area contributed by atoms with E-state index in [2.05, 4.69) is 12.2 Å². The second kappa shape index (κ2) is 4.53. The first-order chi connectivity index (χ1) is 8.00. The van der Waals surface area contributed by atoms with E-state index in [1.165, 1.54) is 31.4 Å². The van der Waals surface area contributed by atoms with Crippen LogP contribution in [0.1, 0.15) is 26.2 Å². The number of hydrogen-bond acceptors (Lipinski definition) is 3. The van der Waals surface area contributed by atoms with Gasteiger partial charge in [-0.2, -0.15) is 0 Å². The van der Waals surface area contributed by atoms with Gasteiger partial charge in [-0.1, -0.05) is 24.9 Å². The van der Waals surface area contributed by atoms with Crippen LogP contribution in [-0.4, -0.2) is 11.5 Å². The molecule has 0 heterocycles. The average Bonchev–Trinajstić information content (AvgIpc) is 2.24. The molecule has 1 saturated carbocycles. The number of benzene rings is 1. The topological polar surface area (TPSA) is 55.2 Å². The average molecular weight is 255 g/mol. The van der Waals surface area contributed by atoms with Crippen molar-refractivity contribution in [3.63, 3.8) is 0 Å². The molecule has 1 fully saturated rings. The summed E-state index contributed by atoms with van der Waals surface area (Å²) in [5.74, 6) is 0. The molecular formula is C12H15ClN2O2. The molecule has 0 aromatic heterocycles. The first-order valence-corrected chi connectivity index (χ1v) is 6.06. The quantitative estimate of drug-likeness (QED) is 0.656. The van der Waals surface area contributed by atoms with Crippen molar-refractivity contribution in [1.82, 2.24) is 0 Å². The lowest BCUT2D eigenvalue weighted by molar-refractivity contribution is -0.384. The van der Waals surface area contributed by atoms with Crippen molar-refractivity contribution in [2.75, 3.05) is 11.9 Å². The van der Waals surface area contributed by atoms with Gasteiger partial charge < -0.3 is 5.32 Å². The predicted octanol–water partition coefficient (Wildman–Crippen LogP) is 3.85. The number of hydrogen-bond donors (Lipinski definition) is 1. The van der Waals surface area contributed by atoms with E-state index in [9.17, 15) is 10.1 Å². The van der Waals surface area contributed by atoms with Crippen LogP contribution >= 0.6 is 11.6 Å². The van der Waals surface area contributed by atoms with Crippen LogP contribution in [0.4, 0.5) is 11.4 Å². The van der Waals surface area contributed by atoms with Gasteiger partial charge in [0, 0.05) is 18.7 Å². The maximum atomic E-state index is 10.6. The molecule has 0 spiro atoms. The molecule has 4 nitrogen and oxygen atoms in total. The van der Waals surface area contributed by atoms with E-state index in [0.717, 1.165) is 12.2 Å². The zero-order chi connectivity index (χ0) is 12.5. The maximum Gasteiger partial charge on any atom is 0.271 e. The van der Waals surface area contributed by atoms with E-state index in [1.54, 1.807) is 6.07 Å². The molecule has 1 aliphatic rings. The molecule has 1 aromatic carbocycles. The molecule has 17 heavy (non-hydrogen) atoms. The lowest BCUT2D eigenvalue weighted by Gasteiger charge is -2.38. The summed E-state index contributed by atoms with van der Waals surface area (Å²) >= 11 is 6.00. The zero-order valence-electron chi connectivity index (χ0n) is 9.70. The summed E-state index contributed by atoms with van der Waals surface area (Å²) in [7, 11) is 0. The van der Waals surface area contributed by atoms with Gasteiger partial charge in [-0.05, 0) is 24.3 Å². The van der Waals surface area contributed by atoms with Crippen LogP contribution in [0.2, 0.25) is 5.02 Å². The Balaban J connectivity index is 2.03. The van der Waals surface area contributed by atoms with Crippen LogP contribution in [0, 0.1) is 15.5 Å². The summed E-state index contributed by atoms with van der Waals surface area (Å²) in [5.41, 5.74) is 1.14. The molecule has 0 radical (unpaired) electrons. The van der Waals surface area contributed by atoms with Gasteiger partial charge in [0.05, 0.1) is 15.6 Å². The van der Waals surface area contributed by atoms with Crippen LogP contribution in [0.3, 0.4) is 0 Å². The summed E-state index contributed by atoms with van der Waals surface area (Å²) in [4.78, 5) is 10.1. The number of rotatable bonds is 4. The summed E-state index contributed by atoms with van der Waals surface area (Å²) in [6, 6.07) is 4.52. The largest absolute Gasteiger partial charge is 0.383 e. The van der Waals surface area contributed by atoms with Gasteiger partial charge in [0.2, 0.25) is 0 Å². The number of nitro groups is 1. The van der Waals surface area contributed by atoms with Crippen molar-refractivity contribution < 1.29 is 4.92 Å². The van der Waals surface area contributed by atoms with Gasteiger partial charge >= 0.3 is 0 Å². The molecule has 1 aliphatic carbocycles. The van der Waals surface area contributed by atoms with Gasteiger partial charge in [0.15, 0.2) is 0 Å². The molecule has 0 unspecified atom stereocenters. The van der Waals surface area contributed by atoms with Crippen molar-refractivity contribution in [2.45, 2.75) is 26.2 Å². The molecule has 5 heteroatoms. The summed E-state index contributed by atoms with van der Waals surface area (Å²) < 4.78 is 0. The lowest BCUT2D eigenvalue weighted by atomic mass is 9.70. The predicted molar refractivity (Wildman–Crippen MR) is 68.6 cm³/mol. The monoisotopic (exact) mass is 254 g/mol. The molecule has 2 rings (SSSR count). The first kappa shape index (κ1) is 12.2. The number of nitrogens with zero attached hydrogens (tertiary/aromatic N) is 1. The minimum absolute atomic E-state index is 0.0235. The van der Waals surface area contributed by atoms with Crippen molar-refractivity contribution in [3.05, 3.63) is 33.3 Å². The van der Waals surface area contributed by atoms with Gasteiger partial charge in [0.25, 0.3) is 5.69 Å². The van der Waals surface area contributed by atoms with E-state index in [4.69, 9.17) is 11.6 Å². The standard InChI is InChI=1S/C12H15ClN2O2/c1-12(5-2-6-12)8-14-11-4-3-9(15(16)17)7-10(11)13/h3-4,7,14H,2,5-6,8H2,1H3. The Hall–Kier alpha value is -1.29. The van der Waals surface area contributed by atoms with Gasteiger partial charge in [-0.15, -0.1) is 0 Å². The second-order valence-electron chi connectivity index (χ2n) is 4.94. The number of nitrogens with one attached hydrogen (secondary N) is 1. The van der Waals surface area contributed by atoms with E-state index in [1.807, 2.05) is 0 Å². The highest BCUT2D eigenvalue weighted by molar-refractivity contribution is 6.33. The molecule has 92 valence electrons. The van der Waals surface area contributed by atoms with E-state index in [0.29, 0.717) is 10.4 Å². The molecule has 1 N–H and O–H groups in total. The summed E-state index contributed by atoms with van der Waals surface area (Å²) in [6.45, 7) is 3.10. The van der Waals surface area contributed by atoms with Crippen molar-refractivity contribution >= 4 is 23.0 Å². The lowest BCUT2D eigenvalue weighted by Crippen LogP contribution is -2.33. The third kappa shape index (κ3) is 2.69. The molecule has 0 saturated heterocycles. The minimum atomic E-state index is -0.442. The Morgan fingerprint density at radius 3 is 2.71 bits per heavy atom. The Bertz CT molecular complexity index is 444. The van der Waals surface area contributed by atoms with Gasteiger partial charge in [-0.25, -0.2) is 0 Å². The van der Waals surface area contributed by atoms with Crippen LogP contribution in [0.25, 0.3) is 0 Å². The molecule has 0 atom stereocenters. The fraction of sp³-hybridized carbons (Fsp3) is 0.500. The summed E-state index contributed by atoms with van der Waals surface area (Å²) in [6.07, 6.45) is 3.74. The Labute approximate surface area is 105 Å². The first-order valence-electron chi connectivity index (χ1n) is 5.68. The summed E-state index contributed by atoms with van der Waals surface area (Å²) in [5, 5.41) is 14.2. The molecule has 0 amide bonds. The number of anilines is 1. The smallest absolute Gasteiger partial charge is 0.271 e. The SMILES string of the molecule is CC1(CNc2ccc([N+](=O)[O-])cc2Cl)CCC1. The highest BCUT2D eigenvalue weighted by Gasteiger charge is 2.31.